The topological polar surface area (TPSA) is 79.6 Å². The van der Waals surface area contributed by atoms with Gasteiger partial charge in [-0.3, -0.25) is 9.69 Å². The van der Waals surface area contributed by atoms with Gasteiger partial charge in [0.25, 0.3) is 0 Å². The molecule has 4 aromatic rings. The Morgan fingerprint density at radius 1 is 0.917 bits per heavy atom. The van der Waals surface area contributed by atoms with Gasteiger partial charge in [0.1, 0.15) is 24.3 Å². The third kappa shape index (κ3) is 4.55. The zero-order chi connectivity index (χ0) is 25.1. The van der Waals surface area contributed by atoms with Crippen LogP contribution in [0.15, 0.2) is 70.1 Å². The van der Waals surface area contributed by atoms with E-state index >= 15 is 0 Å². The van der Waals surface area contributed by atoms with Crippen molar-refractivity contribution in [3.05, 3.63) is 82.2 Å². The van der Waals surface area contributed by atoms with Crippen molar-refractivity contribution in [1.29, 1.82) is 0 Å². The quantitative estimate of drug-likeness (QED) is 0.328. The molecule has 0 radical (unpaired) electrons. The SMILES string of the molecule is CCOc1ccccc1Oc1coc2c3c(ccc2c1=O)OCN(Cc1ccc(OC)c(OC)c1)C3. The molecule has 0 N–H and O–H groups in total. The highest BCUT2D eigenvalue weighted by molar-refractivity contribution is 5.83. The lowest BCUT2D eigenvalue weighted by atomic mass is 10.1. The first-order valence-electron chi connectivity index (χ1n) is 11.6. The summed E-state index contributed by atoms with van der Waals surface area (Å²) in [5.41, 5.74) is 2.09. The van der Waals surface area contributed by atoms with Crippen LogP contribution in [0.4, 0.5) is 0 Å². The largest absolute Gasteiger partial charge is 0.493 e. The average Bonchev–Trinajstić information content (AvgIpc) is 2.91. The molecule has 0 fully saturated rings. The molecule has 1 aromatic heterocycles. The maximum Gasteiger partial charge on any atom is 0.235 e. The Morgan fingerprint density at radius 3 is 2.50 bits per heavy atom. The number of para-hydroxylation sites is 2. The number of hydrogen-bond donors (Lipinski definition) is 0. The molecule has 0 saturated heterocycles. The minimum Gasteiger partial charge on any atom is -0.493 e. The average molecular weight is 490 g/mol. The summed E-state index contributed by atoms with van der Waals surface area (Å²) in [7, 11) is 3.23. The fourth-order valence-corrected chi connectivity index (χ4v) is 4.27. The monoisotopic (exact) mass is 489 g/mol. The molecule has 5 rings (SSSR count). The van der Waals surface area contributed by atoms with Crippen LogP contribution in [0.25, 0.3) is 11.0 Å². The summed E-state index contributed by atoms with van der Waals surface area (Å²) in [5.74, 6) is 3.15. The third-order valence-electron chi connectivity index (χ3n) is 5.98. The summed E-state index contributed by atoms with van der Waals surface area (Å²) < 4.78 is 34.2. The molecule has 2 heterocycles. The molecule has 0 atom stereocenters. The Balaban J connectivity index is 1.42. The van der Waals surface area contributed by atoms with Gasteiger partial charge in [0.05, 0.1) is 31.8 Å². The predicted molar refractivity (Wildman–Crippen MR) is 134 cm³/mol. The zero-order valence-electron chi connectivity index (χ0n) is 20.4. The van der Waals surface area contributed by atoms with E-state index in [0.29, 0.717) is 66.1 Å². The smallest absolute Gasteiger partial charge is 0.235 e. The van der Waals surface area contributed by atoms with Crippen LogP contribution in [0.2, 0.25) is 0 Å². The van der Waals surface area contributed by atoms with Gasteiger partial charge in [0.15, 0.2) is 23.0 Å². The van der Waals surface area contributed by atoms with Crippen LogP contribution in [0.5, 0.6) is 34.5 Å². The zero-order valence-corrected chi connectivity index (χ0v) is 20.4. The molecule has 0 saturated carbocycles. The molecule has 0 amide bonds. The van der Waals surface area contributed by atoms with Crippen LogP contribution in [-0.4, -0.2) is 32.5 Å². The second-order valence-corrected chi connectivity index (χ2v) is 8.28. The number of nitrogens with zero attached hydrogens (tertiary/aromatic N) is 1. The summed E-state index contributed by atoms with van der Waals surface area (Å²) in [4.78, 5) is 15.4. The second-order valence-electron chi connectivity index (χ2n) is 8.28. The van der Waals surface area contributed by atoms with Gasteiger partial charge in [-0.1, -0.05) is 18.2 Å². The molecule has 36 heavy (non-hydrogen) atoms. The van der Waals surface area contributed by atoms with E-state index in [4.69, 9.17) is 28.1 Å². The van der Waals surface area contributed by atoms with Gasteiger partial charge < -0.3 is 28.1 Å². The number of hydrogen-bond acceptors (Lipinski definition) is 8. The van der Waals surface area contributed by atoms with Gasteiger partial charge in [-0.2, -0.15) is 0 Å². The van der Waals surface area contributed by atoms with Crippen molar-refractivity contribution in [2.75, 3.05) is 27.6 Å². The second kappa shape index (κ2) is 10.2. The van der Waals surface area contributed by atoms with E-state index in [1.165, 1.54) is 6.26 Å². The standard InChI is InChI=1S/C28H27NO7/c1-4-33-23-7-5-6-8-24(23)36-26-16-34-28-19(27(26)30)10-12-21-20(28)15-29(17-35-21)14-18-9-11-22(31-2)25(13-18)32-3/h5-13,16H,4,14-15,17H2,1-3H3. The lowest BCUT2D eigenvalue weighted by Gasteiger charge is -2.29. The molecule has 8 heteroatoms. The maximum absolute atomic E-state index is 13.3. The third-order valence-corrected chi connectivity index (χ3v) is 5.98. The van der Waals surface area contributed by atoms with Gasteiger partial charge in [-0.15, -0.1) is 0 Å². The van der Waals surface area contributed by atoms with Crippen LogP contribution in [0.3, 0.4) is 0 Å². The van der Waals surface area contributed by atoms with E-state index < -0.39 is 0 Å². The number of ether oxygens (including phenoxy) is 5. The van der Waals surface area contributed by atoms with Gasteiger partial charge in [-0.05, 0) is 48.9 Å². The van der Waals surface area contributed by atoms with Crippen LogP contribution < -0.4 is 29.1 Å². The van der Waals surface area contributed by atoms with Crippen LogP contribution in [0, 0.1) is 0 Å². The lowest BCUT2D eigenvalue weighted by molar-refractivity contribution is 0.0889. The number of fused-ring (bicyclic) bond motifs is 3. The van der Waals surface area contributed by atoms with E-state index in [9.17, 15) is 4.79 Å². The van der Waals surface area contributed by atoms with Crippen molar-refractivity contribution in [2.45, 2.75) is 20.0 Å². The molecule has 0 bridgehead atoms. The van der Waals surface area contributed by atoms with Crippen molar-refractivity contribution in [3.8, 4) is 34.5 Å². The first-order chi connectivity index (χ1) is 17.6. The van der Waals surface area contributed by atoms with E-state index in [-0.39, 0.29) is 11.2 Å². The minimum absolute atomic E-state index is 0.0912. The summed E-state index contributed by atoms with van der Waals surface area (Å²) in [6, 6.07) is 16.6. The summed E-state index contributed by atoms with van der Waals surface area (Å²) in [6.45, 7) is 3.96. The highest BCUT2D eigenvalue weighted by atomic mass is 16.5. The Bertz CT molecular complexity index is 1450. The van der Waals surface area contributed by atoms with Crippen LogP contribution >= 0.6 is 0 Å². The highest BCUT2D eigenvalue weighted by Crippen LogP contribution is 2.35. The van der Waals surface area contributed by atoms with E-state index in [2.05, 4.69) is 4.90 Å². The predicted octanol–water partition coefficient (Wildman–Crippen LogP) is 5.35. The normalized spacial score (nSPS) is 13.1. The maximum atomic E-state index is 13.3. The van der Waals surface area contributed by atoms with Gasteiger partial charge in [-0.25, -0.2) is 0 Å². The van der Waals surface area contributed by atoms with Crippen LogP contribution in [0.1, 0.15) is 18.1 Å². The fourth-order valence-electron chi connectivity index (χ4n) is 4.27. The molecule has 186 valence electrons. The number of methoxy groups -OCH3 is 2. The van der Waals surface area contributed by atoms with E-state index in [0.717, 1.165) is 11.1 Å². The molecule has 0 unspecified atom stereocenters. The van der Waals surface area contributed by atoms with Crippen LogP contribution in [-0.2, 0) is 13.1 Å². The minimum atomic E-state index is -0.262. The molecule has 0 aliphatic carbocycles. The first kappa shape index (κ1) is 23.6. The number of rotatable bonds is 8. The highest BCUT2D eigenvalue weighted by Gasteiger charge is 2.23. The Labute approximate surface area is 208 Å². The van der Waals surface area contributed by atoms with E-state index in [1.54, 1.807) is 38.5 Å². The van der Waals surface area contributed by atoms with Gasteiger partial charge in [0.2, 0.25) is 11.2 Å². The van der Waals surface area contributed by atoms with Crippen molar-refractivity contribution in [2.24, 2.45) is 0 Å². The number of benzene rings is 3. The molecule has 3 aromatic carbocycles. The van der Waals surface area contributed by atoms with Crippen molar-refractivity contribution >= 4 is 11.0 Å². The lowest BCUT2D eigenvalue weighted by Crippen LogP contribution is -2.31. The summed E-state index contributed by atoms with van der Waals surface area (Å²) >= 11 is 0. The Morgan fingerprint density at radius 2 is 1.72 bits per heavy atom. The Kier molecular flexibility index (Phi) is 6.69. The fraction of sp³-hybridized carbons (Fsp3) is 0.250. The van der Waals surface area contributed by atoms with Crippen molar-refractivity contribution in [1.82, 2.24) is 4.90 Å². The molecular weight excluding hydrogens is 462 g/mol. The van der Waals surface area contributed by atoms with Crippen molar-refractivity contribution in [3.63, 3.8) is 0 Å². The molecule has 1 aliphatic heterocycles. The van der Waals surface area contributed by atoms with Gasteiger partial charge >= 0.3 is 0 Å². The molecule has 1 aliphatic rings. The van der Waals surface area contributed by atoms with Crippen molar-refractivity contribution < 1.29 is 28.1 Å². The first-order valence-corrected chi connectivity index (χ1v) is 11.6. The molecule has 8 nitrogen and oxygen atoms in total. The van der Waals surface area contributed by atoms with E-state index in [1.807, 2.05) is 37.3 Å². The van der Waals surface area contributed by atoms with Gasteiger partial charge in [0, 0.05) is 13.1 Å². The summed E-state index contributed by atoms with van der Waals surface area (Å²) in [6.07, 6.45) is 1.35. The molecule has 0 spiro atoms. The Hall–Kier alpha value is -4.17. The molecular formula is C28H27NO7. The summed E-state index contributed by atoms with van der Waals surface area (Å²) in [5, 5.41) is 0.428.